The van der Waals surface area contributed by atoms with Crippen molar-refractivity contribution in [2.75, 3.05) is 5.32 Å². The maximum absolute atomic E-state index is 12.7. The van der Waals surface area contributed by atoms with Crippen LogP contribution in [0.3, 0.4) is 0 Å². The number of esters is 1. The molecule has 0 fully saturated rings. The molecule has 1 N–H and O–H groups in total. The van der Waals surface area contributed by atoms with Gasteiger partial charge in [0, 0.05) is 17.7 Å². The Hall–Kier alpha value is -3.40. The number of nitrogens with one attached hydrogen (secondary N) is 1. The lowest BCUT2D eigenvalue weighted by Crippen LogP contribution is -2.23. The van der Waals surface area contributed by atoms with E-state index in [2.05, 4.69) is 19.2 Å². The van der Waals surface area contributed by atoms with E-state index in [1.165, 1.54) is 5.56 Å². The molecule has 1 aliphatic heterocycles. The Morgan fingerprint density at radius 3 is 2.41 bits per heavy atom. The predicted octanol–water partition coefficient (Wildman–Crippen LogP) is 5.52. The van der Waals surface area contributed by atoms with E-state index in [0.29, 0.717) is 23.5 Å². The normalized spacial score (nSPS) is 15.6. The zero-order valence-corrected chi connectivity index (χ0v) is 16.5. The van der Waals surface area contributed by atoms with Gasteiger partial charge in [-0.05, 0) is 52.9 Å². The Balaban J connectivity index is 1.54. The number of fused-ring (bicyclic) bond motifs is 1. The van der Waals surface area contributed by atoms with Gasteiger partial charge >= 0.3 is 5.97 Å². The molecular weight excluding hydrogens is 362 g/mol. The number of anilines is 1. The molecule has 0 aliphatic carbocycles. The number of amides is 1. The number of carbonyl (C=O) groups is 2. The largest absolute Gasteiger partial charge is 0.454 e. The molecule has 0 saturated carbocycles. The van der Waals surface area contributed by atoms with Gasteiger partial charge in [0.05, 0.1) is 5.56 Å². The number of cyclic esters (lactones) is 1. The lowest BCUT2D eigenvalue weighted by atomic mass is 9.93. The second kappa shape index (κ2) is 7.92. The lowest BCUT2D eigenvalue weighted by Gasteiger charge is -2.25. The molecule has 1 heterocycles. The van der Waals surface area contributed by atoms with E-state index in [-0.39, 0.29) is 18.0 Å². The van der Waals surface area contributed by atoms with Crippen molar-refractivity contribution in [2.45, 2.75) is 32.3 Å². The molecule has 4 heteroatoms. The maximum Gasteiger partial charge on any atom is 0.339 e. The summed E-state index contributed by atoms with van der Waals surface area (Å²) in [6.07, 6.45) is 0.216. The van der Waals surface area contributed by atoms with Crippen LogP contribution in [-0.4, -0.2) is 11.9 Å². The average Bonchev–Trinajstić information content (AvgIpc) is 2.74. The first kappa shape index (κ1) is 18.9. The van der Waals surface area contributed by atoms with Crippen LogP contribution in [0, 0.1) is 0 Å². The topological polar surface area (TPSA) is 55.4 Å². The van der Waals surface area contributed by atoms with Gasteiger partial charge in [-0.25, -0.2) is 4.79 Å². The Kier molecular flexibility index (Phi) is 5.17. The molecule has 0 bridgehead atoms. The minimum absolute atomic E-state index is 0.194. The van der Waals surface area contributed by atoms with Crippen molar-refractivity contribution < 1.29 is 14.3 Å². The highest BCUT2D eigenvalue weighted by molar-refractivity contribution is 6.05. The molecule has 0 unspecified atom stereocenters. The number of benzene rings is 3. The van der Waals surface area contributed by atoms with Crippen molar-refractivity contribution >= 4 is 17.6 Å². The van der Waals surface area contributed by atoms with E-state index in [9.17, 15) is 9.59 Å². The molecule has 1 aliphatic rings. The van der Waals surface area contributed by atoms with Gasteiger partial charge in [0.25, 0.3) is 5.91 Å². The van der Waals surface area contributed by atoms with Gasteiger partial charge in [-0.3, -0.25) is 4.79 Å². The zero-order chi connectivity index (χ0) is 20.4. The van der Waals surface area contributed by atoms with Gasteiger partial charge in [0.1, 0.15) is 6.10 Å². The van der Waals surface area contributed by atoms with Crippen molar-refractivity contribution in [1.29, 1.82) is 0 Å². The summed E-state index contributed by atoms with van der Waals surface area (Å²) in [5.41, 5.74) is 4.80. The van der Waals surface area contributed by atoms with Crippen LogP contribution in [0.25, 0.3) is 0 Å². The Morgan fingerprint density at radius 2 is 1.72 bits per heavy atom. The fourth-order valence-electron chi connectivity index (χ4n) is 3.55. The van der Waals surface area contributed by atoms with Crippen molar-refractivity contribution in [3.05, 3.63) is 101 Å². The summed E-state index contributed by atoms with van der Waals surface area (Å²) in [7, 11) is 0. The molecular formula is C25H23NO3. The molecule has 0 radical (unpaired) electrons. The molecule has 1 amide bonds. The third kappa shape index (κ3) is 4.06. The van der Waals surface area contributed by atoms with Gasteiger partial charge < -0.3 is 10.1 Å². The van der Waals surface area contributed by atoms with Crippen molar-refractivity contribution in [3.63, 3.8) is 0 Å². The molecule has 3 aromatic carbocycles. The standard InChI is InChI=1S/C25H23NO3/c1-16(2)17-8-11-21(12-9-17)26-24(27)19-10-13-22-20(14-19)15-23(29-25(22)28)18-6-4-3-5-7-18/h3-14,16,23H,15H2,1-2H3,(H,26,27)/t23-/m0/s1. The Morgan fingerprint density at radius 1 is 1.00 bits per heavy atom. The average molecular weight is 385 g/mol. The number of carbonyl (C=O) groups excluding carboxylic acids is 2. The van der Waals surface area contributed by atoms with E-state index in [0.717, 1.165) is 16.8 Å². The zero-order valence-electron chi connectivity index (χ0n) is 16.5. The highest BCUT2D eigenvalue weighted by Gasteiger charge is 2.28. The summed E-state index contributed by atoms with van der Waals surface area (Å²) < 4.78 is 5.59. The van der Waals surface area contributed by atoms with Crippen LogP contribution in [0.5, 0.6) is 0 Å². The highest BCUT2D eigenvalue weighted by atomic mass is 16.5. The molecule has 0 saturated heterocycles. The van der Waals surface area contributed by atoms with Crippen LogP contribution in [0.2, 0.25) is 0 Å². The molecule has 4 rings (SSSR count). The van der Waals surface area contributed by atoms with Gasteiger partial charge in [0.15, 0.2) is 0 Å². The fraction of sp³-hybridized carbons (Fsp3) is 0.200. The summed E-state index contributed by atoms with van der Waals surface area (Å²) in [6, 6.07) is 22.7. The van der Waals surface area contributed by atoms with Crippen LogP contribution in [-0.2, 0) is 11.2 Å². The SMILES string of the molecule is CC(C)c1ccc(NC(=O)c2ccc3c(c2)C[C@@H](c2ccccc2)OC3=O)cc1. The third-order valence-corrected chi connectivity index (χ3v) is 5.25. The first-order chi connectivity index (χ1) is 14.0. The summed E-state index contributed by atoms with van der Waals surface area (Å²) in [4.78, 5) is 25.1. The first-order valence-electron chi connectivity index (χ1n) is 9.81. The second-order valence-electron chi connectivity index (χ2n) is 7.61. The molecule has 29 heavy (non-hydrogen) atoms. The smallest absolute Gasteiger partial charge is 0.339 e. The number of ether oxygens (including phenoxy) is 1. The minimum Gasteiger partial charge on any atom is -0.454 e. The quantitative estimate of drug-likeness (QED) is 0.602. The molecule has 4 nitrogen and oxygen atoms in total. The summed E-state index contributed by atoms with van der Waals surface area (Å²) in [5, 5.41) is 2.93. The molecule has 3 aromatic rings. The van der Waals surface area contributed by atoms with E-state index >= 15 is 0 Å². The molecule has 0 spiro atoms. The van der Waals surface area contributed by atoms with Crippen molar-refractivity contribution in [1.82, 2.24) is 0 Å². The first-order valence-corrected chi connectivity index (χ1v) is 9.81. The lowest BCUT2D eigenvalue weighted by molar-refractivity contribution is 0.0252. The van der Waals surface area contributed by atoms with Crippen molar-refractivity contribution in [2.24, 2.45) is 0 Å². The van der Waals surface area contributed by atoms with Gasteiger partial charge in [-0.1, -0.05) is 56.3 Å². The van der Waals surface area contributed by atoms with E-state index < -0.39 is 0 Å². The Labute approximate surface area is 170 Å². The number of hydrogen-bond acceptors (Lipinski definition) is 3. The third-order valence-electron chi connectivity index (χ3n) is 5.25. The van der Waals surface area contributed by atoms with Crippen molar-refractivity contribution in [3.8, 4) is 0 Å². The molecule has 146 valence electrons. The van der Waals surface area contributed by atoms with Gasteiger partial charge in [-0.2, -0.15) is 0 Å². The van der Waals surface area contributed by atoms with Gasteiger partial charge in [-0.15, -0.1) is 0 Å². The monoisotopic (exact) mass is 385 g/mol. The van der Waals surface area contributed by atoms with E-state index in [1.807, 2.05) is 54.6 Å². The Bertz CT molecular complexity index is 1040. The van der Waals surface area contributed by atoms with Crippen LogP contribution < -0.4 is 5.32 Å². The minimum atomic E-state index is -0.351. The number of rotatable bonds is 4. The molecule has 0 aromatic heterocycles. The summed E-state index contributed by atoms with van der Waals surface area (Å²) in [6.45, 7) is 4.27. The van der Waals surface area contributed by atoms with Crippen LogP contribution in [0.4, 0.5) is 5.69 Å². The predicted molar refractivity (Wildman–Crippen MR) is 113 cm³/mol. The summed E-state index contributed by atoms with van der Waals surface area (Å²) >= 11 is 0. The number of hydrogen-bond donors (Lipinski definition) is 1. The second-order valence-corrected chi connectivity index (χ2v) is 7.61. The van der Waals surface area contributed by atoms with E-state index in [1.54, 1.807) is 18.2 Å². The van der Waals surface area contributed by atoms with E-state index in [4.69, 9.17) is 4.74 Å². The van der Waals surface area contributed by atoms with Crippen LogP contribution in [0.15, 0.2) is 72.8 Å². The fourth-order valence-corrected chi connectivity index (χ4v) is 3.55. The van der Waals surface area contributed by atoms with Crippen LogP contribution in [0.1, 0.15) is 63.3 Å². The summed E-state index contributed by atoms with van der Waals surface area (Å²) in [5.74, 6) is -0.102. The highest BCUT2D eigenvalue weighted by Crippen LogP contribution is 2.31. The van der Waals surface area contributed by atoms with Gasteiger partial charge in [0.2, 0.25) is 0 Å². The molecule has 1 atom stereocenters. The maximum atomic E-state index is 12.7. The van der Waals surface area contributed by atoms with Crippen LogP contribution >= 0.6 is 0 Å².